The molecule has 1 amide bonds. The van der Waals surface area contributed by atoms with Crippen LogP contribution in [-0.2, 0) is 11.3 Å². The second kappa shape index (κ2) is 11.7. The minimum atomic E-state index is -0.140. The van der Waals surface area contributed by atoms with Gasteiger partial charge in [-0.15, -0.1) is 0 Å². The Bertz CT molecular complexity index is 1310. The van der Waals surface area contributed by atoms with Crippen molar-refractivity contribution in [1.29, 1.82) is 0 Å². The van der Waals surface area contributed by atoms with Crippen molar-refractivity contribution >= 4 is 17.5 Å². The summed E-state index contributed by atoms with van der Waals surface area (Å²) in [4.78, 5) is 15.2. The number of hydrogen-bond donors (Lipinski definition) is 0. The van der Waals surface area contributed by atoms with Gasteiger partial charge in [0.15, 0.2) is 11.5 Å². The number of carbonyl (C=O) groups is 1. The van der Waals surface area contributed by atoms with Gasteiger partial charge in [0.1, 0.15) is 0 Å². The molecule has 4 rings (SSSR count). The zero-order chi connectivity index (χ0) is 25.5. The first-order valence-corrected chi connectivity index (χ1v) is 11.9. The quantitative estimate of drug-likeness (QED) is 0.267. The molecule has 0 saturated carbocycles. The second-order valence-electron chi connectivity index (χ2n) is 8.10. The molecule has 186 valence electrons. The average molecular weight is 506 g/mol. The molecule has 0 atom stereocenters. The first-order valence-electron chi connectivity index (χ1n) is 11.5. The summed E-state index contributed by atoms with van der Waals surface area (Å²) >= 11 is 6.03. The number of carbonyl (C=O) groups excluding carboxylic acids is 1. The van der Waals surface area contributed by atoms with Crippen molar-refractivity contribution in [1.82, 2.24) is 14.7 Å². The summed E-state index contributed by atoms with van der Waals surface area (Å²) in [5, 5.41) is 5.35. The number of amides is 1. The molecule has 8 heteroatoms. The van der Waals surface area contributed by atoms with Crippen molar-refractivity contribution in [3.05, 3.63) is 101 Å². The van der Waals surface area contributed by atoms with Crippen LogP contribution in [0.15, 0.2) is 78.9 Å². The monoisotopic (exact) mass is 505 g/mol. The van der Waals surface area contributed by atoms with Crippen molar-refractivity contribution in [3.63, 3.8) is 0 Å². The Morgan fingerprint density at radius 1 is 0.944 bits per heavy atom. The van der Waals surface area contributed by atoms with Crippen molar-refractivity contribution in [3.8, 4) is 23.1 Å². The predicted molar refractivity (Wildman–Crippen MR) is 139 cm³/mol. The Balaban J connectivity index is 1.77. The van der Waals surface area contributed by atoms with Gasteiger partial charge in [-0.2, -0.15) is 5.10 Å². The van der Waals surface area contributed by atoms with E-state index >= 15 is 0 Å². The van der Waals surface area contributed by atoms with E-state index < -0.39 is 0 Å². The third kappa shape index (κ3) is 5.70. The highest BCUT2D eigenvalue weighted by Gasteiger charge is 2.25. The normalized spacial score (nSPS) is 10.8. The molecule has 0 unspecified atom stereocenters. The smallest absolute Gasteiger partial charge is 0.254 e. The molecule has 7 nitrogen and oxygen atoms in total. The van der Waals surface area contributed by atoms with Crippen LogP contribution in [0.5, 0.6) is 17.4 Å². The van der Waals surface area contributed by atoms with E-state index in [2.05, 4.69) is 0 Å². The number of aromatic nitrogens is 2. The standard InChI is InChI=1S/C28H28ClN3O4/c1-20-24(19-31(17-18-34-2)27(33)21-13-15-22(29)16-14-21)28(32(30-20)23-9-5-4-6-10-23)36-26-12-8-7-11-25(26)35-3/h4-16H,17-19H2,1-3H3. The first kappa shape index (κ1) is 25.3. The molecule has 0 aliphatic heterocycles. The summed E-state index contributed by atoms with van der Waals surface area (Å²) in [5.41, 5.74) is 2.90. The minimum Gasteiger partial charge on any atom is -0.493 e. The number of nitrogens with zero attached hydrogens (tertiary/aromatic N) is 3. The molecule has 0 bridgehead atoms. The lowest BCUT2D eigenvalue weighted by Crippen LogP contribution is -2.33. The third-order valence-corrected chi connectivity index (χ3v) is 5.96. The van der Waals surface area contributed by atoms with Gasteiger partial charge >= 0.3 is 0 Å². The molecule has 0 fully saturated rings. The zero-order valence-corrected chi connectivity index (χ0v) is 21.2. The second-order valence-corrected chi connectivity index (χ2v) is 8.53. The van der Waals surface area contributed by atoms with Crippen molar-refractivity contribution in [2.75, 3.05) is 27.4 Å². The molecule has 0 radical (unpaired) electrons. The van der Waals surface area contributed by atoms with E-state index in [9.17, 15) is 4.79 Å². The Morgan fingerprint density at radius 3 is 2.28 bits per heavy atom. The van der Waals surface area contributed by atoms with Crippen LogP contribution < -0.4 is 9.47 Å². The number of methoxy groups -OCH3 is 2. The summed E-state index contributed by atoms with van der Waals surface area (Å²) in [5.74, 6) is 1.51. The SMILES string of the molecule is COCCN(Cc1c(C)nn(-c2ccccc2)c1Oc1ccccc1OC)C(=O)c1ccc(Cl)cc1. The van der Waals surface area contributed by atoms with Gasteiger partial charge in [-0.3, -0.25) is 4.79 Å². The van der Waals surface area contributed by atoms with Gasteiger partial charge in [0.25, 0.3) is 5.91 Å². The van der Waals surface area contributed by atoms with E-state index in [1.54, 1.807) is 48.1 Å². The van der Waals surface area contributed by atoms with Crippen molar-refractivity contribution in [2.45, 2.75) is 13.5 Å². The lowest BCUT2D eigenvalue weighted by atomic mass is 10.1. The molecular formula is C28H28ClN3O4. The van der Waals surface area contributed by atoms with Crippen LogP contribution in [0.3, 0.4) is 0 Å². The van der Waals surface area contributed by atoms with Crippen LogP contribution in [0, 0.1) is 6.92 Å². The maximum Gasteiger partial charge on any atom is 0.254 e. The van der Waals surface area contributed by atoms with Crippen LogP contribution in [0.2, 0.25) is 5.02 Å². The van der Waals surface area contributed by atoms with E-state index in [4.69, 9.17) is 30.9 Å². The Morgan fingerprint density at radius 2 is 1.61 bits per heavy atom. The highest BCUT2D eigenvalue weighted by Crippen LogP contribution is 2.36. The van der Waals surface area contributed by atoms with Gasteiger partial charge in [-0.05, 0) is 55.5 Å². The van der Waals surface area contributed by atoms with E-state index in [0.717, 1.165) is 16.9 Å². The largest absolute Gasteiger partial charge is 0.493 e. The van der Waals surface area contributed by atoms with Crippen LogP contribution in [0.4, 0.5) is 0 Å². The number of rotatable bonds is 10. The summed E-state index contributed by atoms with van der Waals surface area (Å²) in [7, 11) is 3.21. The van der Waals surface area contributed by atoms with E-state index in [0.29, 0.717) is 41.1 Å². The third-order valence-electron chi connectivity index (χ3n) is 5.71. The van der Waals surface area contributed by atoms with Gasteiger partial charge in [-0.25, -0.2) is 4.68 Å². The van der Waals surface area contributed by atoms with Crippen molar-refractivity contribution < 1.29 is 19.0 Å². The van der Waals surface area contributed by atoms with Gasteiger partial charge < -0.3 is 19.1 Å². The predicted octanol–water partition coefficient (Wildman–Crippen LogP) is 5.92. The van der Waals surface area contributed by atoms with E-state index in [-0.39, 0.29) is 12.5 Å². The Kier molecular flexibility index (Phi) is 8.25. The first-order chi connectivity index (χ1) is 17.5. The maximum atomic E-state index is 13.5. The lowest BCUT2D eigenvalue weighted by Gasteiger charge is -2.23. The molecule has 0 aliphatic rings. The minimum absolute atomic E-state index is 0.140. The lowest BCUT2D eigenvalue weighted by molar-refractivity contribution is 0.0679. The zero-order valence-electron chi connectivity index (χ0n) is 20.5. The summed E-state index contributed by atoms with van der Waals surface area (Å²) in [6, 6.07) is 24.0. The van der Waals surface area contributed by atoms with Crippen LogP contribution in [0.25, 0.3) is 5.69 Å². The topological polar surface area (TPSA) is 65.8 Å². The number of hydrogen-bond acceptors (Lipinski definition) is 5. The van der Waals surface area contributed by atoms with Crippen LogP contribution in [-0.4, -0.2) is 48.0 Å². The van der Waals surface area contributed by atoms with Crippen LogP contribution in [0.1, 0.15) is 21.6 Å². The number of benzene rings is 3. The number of aryl methyl sites for hydroxylation is 1. The van der Waals surface area contributed by atoms with E-state index in [1.165, 1.54) is 0 Å². The summed E-state index contributed by atoms with van der Waals surface area (Å²) in [6.45, 7) is 2.95. The maximum absolute atomic E-state index is 13.5. The molecule has 36 heavy (non-hydrogen) atoms. The van der Waals surface area contributed by atoms with Gasteiger partial charge in [-0.1, -0.05) is 41.9 Å². The Hall–Kier alpha value is -3.81. The molecule has 3 aromatic carbocycles. The highest BCUT2D eigenvalue weighted by atomic mass is 35.5. The highest BCUT2D eigenvalue weighted by molar-refractivity contribution is 6.30. The van der Waals surface area contributed by atoms with Crippen molar-refractivity contribution in [2.24, 2.45) is 0 Å². The van der Waals surface area contributed by atoms with Crippen LogP contribution >= 0.6 is 11.6 Å². The van der Waals surface area contributed by atoms with Gasteiger partial charge in [0, 0.05) is 24.2 Å². The summed E-state index contributed by atoms with van der Waals surface area (Å²) < 4.78 is 19.0. The number of para-hydroxylation sites is 3. The number of ether oxygens (including phenoxy) is 3. The van der Waals surface area contributed by atoms with Gasteiger partial charge in [0.05, 0.1) is 37.2 Å². The number of halogens is 1. The fraction of sp³-hybridized carbons (Fsp3) is 0.214. The molecule has 0 spiro atoms. The van der Waals surface area contributed by atoms with Gasteiger partial charge in [0.2, 0.25) is 5.88 Å². The molecule has 1 aromatic heterocycles. The molecule has 0 aliphatic carbocycles. The Labute approximate surface area is 215 Å². The van der Waals surface area contributed by atoms with E-state index in [1.807, 2.05) is 61.5 Å². The molecule has 1 heterocycles. The summed E-state index contributed by atoms with van der Waals surface area (Å²) in [6.07, 6.45) is 0. The molecule has 0 N–H and O–H groups in total. The fourth-order valence-corrected chi connectivity index (χ4v) is 3.92. The molecule has 0 saturated heterocycles. The average Bonchev–Trinajstić information content (AvgIpc) is 3.21. The molecule has 4 aromatic rings. The molecular weight excluding hydrogens is 478 g/mol. The fourth-order valence-electron chi connectivity index (χ4n) is 3.80.